The van der Waals surface area contributed by atoms with E-state index in [0.717, 1.165) is 6.54 Å². The van der Waals surface area contributed by atoms with Gasteiger partial charge in [-0.1, -0.05) is 13.8 Å². The maximum Gasteiger partial charge on any atom is 0.0639 e. The summed E-state index contributed by atoms with van der Waals surface area (Å²) in [7, 11) is 2.13. The largest absolute Gasteiger partial charge is 0.392 e. The number of hydrogen-bond donors (Lipinski definition) is 1. The quantitative estimate of drug-likeness (QED) is 0.753. The molecule has 0 aromatic carbocycles. The number of rotatable bonds is 3. The van der Waals surface area contributed by atoms with Crippen molar-refractivity contribution >= 4 is 0 Å². The van der Waals surface area contributed by atoms with Gasteiger partial charge >= 0.3 is 0 Å². The van der Waals surface area contributed by atoms with Gasteiger partial charge < -0.3 is 10.0 Å². The lowest BCUT2D eigenvalue weighted by Gasteiger charge is -2.39. The maximum atomic E-state index is 9.31. The van der Waals surface area contributed by atoms with Crippen LogP contribution in [-0.2, 0) is 0 Å². The molecule has 0 spiro atoms. The van der Waals surface area contributed by atoms with E-state index in [-0.39, 0.29) is 6.10 Å². The van der Waals surface area contributed by atoms with Gasteiger partial charge in [0.05, 0.1) is 6.10 Å². The Morgan fingerprint density at radius 1 is 1.36 bits per heavy atom. The Balaban J connectivity index is 2.34. The van der Waals surface area contributed by atoms with Crippen LogP contribution in [0, 0.1) is 5.41 Å². The first-order chi connectivity index (χ1) is 6.41. The van der Waals surface area contributed by atoms with Crippen LogP contribution in [0.15, 0.2) is 0 Å². The van der Waals surface area contributed by atoms with Crippen molar-refractivity contribution in [1.29, 1.82) is 0 Å². The van der Waals surface area contributed by atoms with Gasteiger partial charge in [0.25, 0.3) is 0 Å². The Labute approximate surface area is 88.3 Å². The van der Waals surface area contributed by atoms with Crippen LogP contribution in [0.2, 0.25) is 0 Å². The number of aliphatic hydroxyl groups excluding tert-OH is 1. The van der Waals surface area contributed by atoms with Gasteiger partial charge in [-0.05, 0) is 45.1 Å². The third kappa shape index (κ3) is 3.58. The minimum absolute atomic E-state index is 0.199. The third-order valence-electron chi connectivity index (χ3n) is 3.48. The van der Waals surface area contributed by atoms with Crippen molar-refractivity contribution in [2.75, 3.05) is 13.6 Å². The zero-order chi connectivity index (χ0) is 10.8. The van der Waals surface area contributed by atoms with Gasteiger partial charge in [0.2, 0.25) is 0 Å². The second-order valence-corrected chi connectivity index (χ2v) is 5.68. The van der Waals surface area contributed by atoms with Crippen LogP contribution < -0.4 is 0 Å². The minimum Gasteiger partial charge on any atom is -0.392 e. The van der Waals surface area contributed by atoms with Gasteiger partial charge in [-0.3, -0.25) is 0 Å². The first kappa shape index (κ1) is 12.0. The van der Waals surface area contributed by atoms with E-state index in [1.807, 2.05) is 6.92 Å². The molecule has 1 N–H and O–H groups in total. The molecule has 2 heteroatoms. The molecule has 84 valence electrons. The lowest BCUT2D eigenvalue weighted by atomic mass is 9.75. The molecule has 1 aliphatic rings. The van der Waals surface area contributed by atoms with Gasteiger partial charge in [0, 0.05) is 12.6 Å². The highest BCUT2D eigenvalue weighted by Gasteiger charge is 2.28. The van der Waals surface area contributed by atoms with Gasteiger partial charge in [-0.15, -0.1) is 0 Å². The van der Waals surface area contributed by atoms with E-state index in [4.69, 9.17) is 0 Å². The average molecular weight is 199 g/mol. The first-order valence-electron chi connectivity index (χ1n) is 5.79. The lowest BCUT2D eigenvalue weighted by molar-refractivity contribution is 0.0803. The lowest BCUT2D eigenvalue weighted by Crippen LogP contribution is -2.40. The molecule has 1 aliphatic carbocycles. The molecule has 0 saturated heterocycles. The molecule has 2 nitrogen and oxygen atoms in total. The molecule has 0 aliphatic heterocycles. The van der Waals surface area contributed by atoms with E-state index in [9.17, 15) is 5.11 Å². The summed E-state index contributed by atoms with van der Waals surface area (Å²) in [6, 6.07) is 0.692. The number of likely N-dealkylation sites (N-methyl/N-ethyl adjacent to an activating group) is 1. The summed E-state index contributed by atoms with van der Waals surface area (Å²) in [4.78, 5) is 2.32. The van der Waals surface area contributed by atoms with Crippen LogP contribution in [-0.4, -0.2) is 35.7 Å². The molecule has 0 aromatic rings. The third-order valence-corrected chi connectivity index (χ3v) is 3.48. The summed E-state index contributed by atoms with van der Waals surface area (Å²) >= 11 is 0. The zero-order valence-corrected chi connectivity index (χ0v) is 10.1. The van der Waals surface area contributed by atoms with E-state index in [0.29, 0.717) is 11.5 Å². The molecule has 0 aromatic heterocycles. The Hall–Kier alpha value is -0.0800. The van der Waals surface area contributed by atoms with Gasteiger partial charge in [0.15, 0.2) is 0 Å². The standard InChI is InChI=1S/C12H25NO/c1-10(14)9-13(4)11-5-7-12(2,3)8-6-11/h10-11,14H,5-9H2,1-4H3/t10-/m0/s1. The Bertz CT molecular complexity index is 167. The second kappa shape index (κ2) is 4.63. The highest BCUT2D eigenvalue weighted by Crippen LogP contribution is 2.36. The van der Waals surface area contributed by atoms with Crippen LogP contribution in [0.1, 0.15) is 46.5 Å². The summed E-state index contributed by atoms with van der Waals surface area (Å²) in [6.45, 7) is 7.39. The van der Waals surface area contributed by atoms with Crippen molar-refractivity contribution in [3.63, 3.8) is 0 Å². The van der Waals surface area contributed by atoms with Crippen LogP contribution >= 0.6 is 0 Å². The van der Waals surface area contributed by atoms with Crippen LogP contribution in [0.4, 0.5) is 0 Å². The molecule has 1 saturated carbocycles. The van der Waals surface area contributed by atoms with E-state index in [1.165, 1.54) is 25.7 Å². The number of nitrogens with zero attached hydrogens (tertiary/aromatic N) is 1. The van der Waals surface area contributed by atoms with Gasteiger partial charge in [-0.25, -0.2) is 0 Å². The molecule has 1 atom stereocenters. The summed E-state index contributed by atoms with van der Waals surface area (Å²) in [5.41, 5.74) is 0.544. The maximum absolute atomic E-state index is 9.31. The molecule has 0 amide bonds. The predicted octanol–water partition coefficient (Wildman–Crippen LogP) is 2.27. The summed E-state index contributed by atoms with van der Waals surface area (Å²) < 4.78 is 0. The fourth-order valence-corrected chi connectivity index (χ4v) is 2.39. The van der Waals surface area contributed by atoms with Crippen molar-refractivity contribution in [3.8, 4) is 0 Å². The van der Waals surface area contributed by atoms with E-state index in [1.54, 1.807) is 0 Å². The number of aliphatic hydroxyl groups is 1. The van der Waals surface area contributed by atoms with Crippen molar-refractivity contribution in [1.82, 2.24) is 4.90 Å². The molecular formula is C12H25NO. The Morgan fingerprint density at radius 3 is 2.29 bits per heavy atom. The smallest absolute Gasteiger partial charge is 0.0639 e. The Morgan fingerprint density at radius 2 is 1.86 bits per heavy atom. The topological polar surface area (TPSA) is 23.5 Å². The fraction of sp³-hybridized carbons (Fsp3) is 1.00. The van der Waals surface area contributed by atoms with Crippen molar-refractivity contribution < 1.29 is 5.11 Å². The second-order valence-electron chi connectivity index (χ2n) is 5.68. The first-order valence-corrected chi connectivity index (χ1v) is 5.79. The van der Waals surface area contributed by atoms with E-state index < -0.39 is 0 Å². The molecule has 0 unspecified atom stereocenters. The van der Waals surface area contributed by atoms with Gasteiger partial charge in [0.1, 0.15) is 0 Å². The Kier molecular flexibility index (Phi) is 3.96. The van der Waals surface area contributed by atoms with Crippen molar-refractivity contribution in [2.24, 2.45) is 5.41 Å². The highest BCUT2D eigenvalue weighted by molar-refractivity contribution is 4.83. The zero-order valence-electron chi connectivity index (χ0n) is 10.1. The molecule has 1 rings (SSSR count). The highest BCUT2D eigenvalue weighted by atomic mass is 16.3. The van der Waals surface area contributed by atoms with Crippen molar-refractivity contribution in [2.45, 2.75) is 58.6 Å². The van der Waals surface area contributed by atoms with E-state index >= 15 is 0 Å². The molecule has 1 fully saturated rings. The summed E-state index contributed by atoms with van der Waals surface area (Å²) in [5.74, 6) is 0. The SMILES string of the molecule is C[C@H](O)CN(C)C1CCC(C)(C)CC1. The molecular weight excluding hydrogens is 174 g/mol. The monoisotopic (exact) mass is 199 g/mol. The summed E-state index contributed by atoms with van der Waals surface area (Å²) in [6.07, 6.45) is 5.02. The van der Waals surface area contributed by atoms with Crippen LogP contribution in [0.3, 0.4) is 0 Å². The predicted molar refractivity (Wildman–Crippen MR) is 60.3 cm³/mol. The molecule has 14 heavy (non-hydrogen) atoms. The molecule has 0 bridgehead atoms. The molecule has 0 radical (unpaired) electrons. The van der Waals surface area contributed by atoms with Crippen LogP contribution in [0.25, 0.3) is 0 Å². The average Bonchev–Trinajstić information content (AvgIpc) is 2.02. The fourth-order valence-electron chi connectivity index (χ4n) is 2.39. The number of hydrogen-bond acceptors (Lipinski definition) is 2. The minimum atomic E-state index is -0.199. The summed E-state index contributed by atoms with van der Waals surface area (Å²) in [5, 5.41) is 9.31. The molecule has 0 heterocycles. The normalized spacial score (nSPS) is 25.3. The van der Waals surface area contributed by atoms with E-state index in [2.05, 4.69) is 25.8 Å². The van der Waals surface area contributed by atoms with Gasteiger partial charge in [-0.2, -0.15) is 0 Å². The van der Waals surface area contributed by atoms with Crippen molar-refractivity contribution in [3.05, 3.63) is 0 Å². The van der Waals surface area contributed by atoms with Crippen LogP contribution in [0.5, 0.6) is 0 Å².